The molecule has 0 spiro atoms. The van der Waals surface area contributed by atoms with E-state index in [0.717, 1.165) is 3.70 Å². The van der Waals surface area contributed by atoms with Gasteiger partial charge in [0.15, 0.2) is 3.70 Å². The summed E-state index contributed by atoms with van der Waals surface area (Å²) in [6, 6.07) is 0. The van der Waals surface area contributed by atoms with E-state index in [0.29, 0.717) is 5.88 Å². The first-order valence-corrected chi connectivity index (χ1v) is 4.70. The van der Waals surface area contributed by atoms with Gasteiger partial charge in [-0.05, 0) is 43.4 Å². The van der Waals surface area contributed by atoms with E-state index in [2.05, 4.69) is 32.8 Å². The summed E-state index contributed by atoms with van der Waals surface area (Å²) in [4.78, 5) is 1.66. The first-order valence-electron chi connectivity index (χ1n) is 3.62. The van der Waals surface area contributed by atoms with Crippen LogP contribution in [0.3, 0.4) is 0 Å². The van der Waals surface area contributed by atoms with Crippen LogP contribution in [-0.2, 0) is 5.54 Å². The fraction of sp³-hybridized carbons (Fsp3) is 0.714. The lowest BCUT2D eigenvalue weighted by Crippen LogP contribution is -2.24. The van der Waals surface area contributed by atoms with Gasteiger partial charge in [0.2, 0.25) is 0 Å². The van der Waals surface area contributed by atoms with Crippen LogP contribution in [-0.4, -0.2) is 22.1 Å². The van der Waals surface area contributed by atoms with E-state index in [1.807, 2.05) is 20.8 Å². The molecule has 5 heteroatoms. The Morgan fingerprint density at radius 2 is 1.92 bits per heavy atom. The summed E-state index contributed by atoms with van der Waals surface area (Å²) in [6.45, 7) is 6.13. The SMILES string of the molecule is COc1nn(C(C)(C)C)nc1I. The molecule has 0 atom stereocenters. The van der Waals surface area contributed by atoms with Gasteiger partial charge in [-0.2, -0.15) is 4.80 Å². The third-order valence-electron chi connectivity index (χ3n) is 1.34. The summed E-state index contributed by atoms with van der Waals surface area (Å²) in [6.07, 6.45) is 0. The molecule has 1 heterocycles. The van der Waals surface area contributed by atoms with Crippen molar-refractivity contribution in [2.24, 2.45) is 0 Å². The maximum absolute atomic E-state index is 5.02. The van der Waals surface area contributed by atoms with Gasteiger partial charge in [0, 0.05) is 0 Å². The zero-order valence-electron chi connectivity index (χ0n) is 7.63. The quantitative estimate of drug-likeness (QED) is 0.735. The Balaban J connectivity index is 3.05. The van der Waals surface area contributed by atoms with Crippen molar-refractivity contribution in [3.05, 3.63) is 3.70 Å². The van der Waals surface area contributed by atoms with Gasteiger partial charge in [-0.3, -0.25) is 0 Å². The lowest BCUT2D eigenvalue weighted by atomic mass is 10.1. The van der Waals surface area contributed by atoms with Crippen LogP contribution < -0.4 is 4.74 Å². The Labute approximate surface area is 85.4 Å². The molecule has 0 amide bonds. The summed E-state index contributed by atoms with van der Waals surface area (Å²) in [7, 11) is 1.60. The van der Waals surface area contributed by atoms with Gasteiger partial charge in [0.25, 0.3) is 5.88 Å². The van der Waals surface area contributed by atoms with Gasteiger partial charge < -0.3 is 4.74 Å². The fourth-order valence-corrected chi connectivity index (χ4v) is 1.23. The number of hydrogen-bond donors (Lipinski definition) is 0. The largest absolute Gasteiger partial charge is 0.478 e. The summed E-state index contributed by atoms with van der Waals surface area (Å²) in [5.41, 5.74) is -0.0866. The van der Waals surface area contributed by atoms with Crippen molar-refractivity contribution in [3.8, 4) is 5.88 Å². The van der Waals surface area contributed by atoms with E-state index < -0.39 is 0 Å². The van der Waals surface area contributed by atoms with Crippen LogP contribution in [0.15, 0.2) is 0 Å². The first kappa shape index (κ1) is 9.76. The second-order valence-corrected chi connectivity index (χ2v) is 4.48. The molecule has 0 aromatic carbocycles. The van der Waals surface area contributed by atoms with Crippen LogP contribution >= 0.6 is 22.6 Å². The molecule has 12 heavy (non-hydrogen) atoms. The molecule has 4 nitrogen and oxygen atoms in total. The Hall–Kier alpha value is -0.330. The Morgan fingerprint density at radius 3 is 2.17 bits per heavy atom. The standard InChI is InChI=1S/C7H12IN3O/c1-7(2,3)11-9-5(8)6(10-11)12-4/h1-4H3. The molecule has 0 unspecified atom stereocenters. The minimum Gasteiger partial charge on any atom is -0.478 e. The molecule has 0 aliphatic carbocycles. The molecule has 0 N–H and O–H groups in total. The normalized spacial score (nSPS) is 11.8. The molecular formula is C7H12IN3O. The predicted octanol–water partition coefficient (Wildman–Crippen LogP) is 1.65. The highest BCUT2D eigenvalue weighted by Gasteiger charge is 2.18. The van der Waals surface area contributed by atoms with E-state index in [1.54, 1.807) is 11.9 Å². The molecule has 68 valence electrons. The average molecular weight is 281 g/mol. The second-order valence-electron chi connectivity index (χ2n) is 3.46. The fourth-order valence-electron chi connectivity index (χ4n) is 0.701. The molecule has 1 aromatic heterocycles. The number of halogens is 1. The number of methoxy groups -OCH3 is 1. The van der Waals surface area contributed by atoms with Gasteiger partial charge >= 0.3 is 0 Å². The number of ether oxygens (including phenoxy) is 1. The summed E-state index contributed by atoms with van der Waals surface area (Å²) >= 11 is 2.10. The van der Waals surface area contributed by atoms with Crippen LogP contribution in [0.5, 0.6) is 5.88 Å². The van der Waals surface area contributed by atoms with Crippen molar-refractivity contribution in [1.29, 1.82) is 0 Å². The zero-order valence-corrected chi connectivity index (χ0v) is 9.79. The third kappa shape index (κ3) is 1.88. The molecule has 0 aliphatic rings. The smallest absolute Gasteiger partial charge is 0.267 e. The van der Waals surface area contributed by atoms with Crippen LogP contribution in [0, 0.1) is 3.70 Å². The third-order valence-corrected chi connectivity index (χ3v) is 2.02. The number of aromatic nitrogens is 3. The molecule has 1 rings (SSSR count). The number of nitrogens with zero attached hydrogens (tertiary/aromatic N) is 3. The van der Waals surface area contributed by atoms with Gasteiger partial charge in [-0.25, -0.2) is 0 Å². The topological polar surface area (TPSA) is 39.9 Å². The van der Waals surface area contributed by atoms with Gasteiger partial charge in [-0.1, -0.05) is 0 Å². The molecular weight excluding hydrogens is 269 g/mol. The lowest BCUT2D eigenvalue weighted by molar-refractivity contribution is 0.299. The van der Waals surface area contributed by atoms with Gasteiger partial charge in [0.1, 0.15) is 0 Å². The number of rotatable bonds is 1. The van der Waals surface area contributed by atoms with Gasteiger partial charge in [-0.15, -0.1) is 10.2 Å². The number of hydrogen-bond acceptors (Lipinski definition) is 3. The lowest BCUT2D eigenvalue weighted by Gasteiger charge is -2.16. The van der Waals surface area contributed by atoms with Crippen molar-refractivity contribution in [2.45, 2.75) is 26.3 Å². The van der Waals surface area contributed by atoms with Crippen molar-refractivity contribution >= 4 is 22.6 Å². The van der Waals surface area contributed by atoms with E-state index >= 15 is 0 Å². The van der Waals surface area contributed by atoms with Crippen molar-refractivity contribution in [2.75, 3.05) is 7.11 Å². The van der Waals surface area contributed by atoms with Crippen LogP contribution in [0.1, 0.15) is 20.8 Å². The zero-order chi connectivity index (χ0) is 9.35. The Kier molecular flexibility index (Phi) is 2.60. The minimum atomic E-state index is -0.0866. The summed E-state index contributed by atoms with van der Waals surface area (Å²) in [5, 5.41) is 8.40. The van der Waals surface area contributed by atoms with Crippen LogP contribution in [0.2, 0.25) is 0 Å². The monoisotopic (exact) mass is 281 g/mol. The molecule has 0 aliphatic heterocycles. The maximum Gasteiger partial charge on any atom is 0.267 e. The van der Waals surface area contributed by atoms with Crippen LogP contribution in [0.25, 0.3) is 0 Å². The Bertz CT molecular complexity index is 277. The molecule has 0 saturated heterocycles. The molecule has 1 aromatic rings. The first-order chi connectivity index (χ1) is 5.45. The predicted molar refractivity (Wildman–Crippen MR) is 54.3 cm³/mol. The maximum atomic E-state index is 5.02. The highest BCUT2D eigenvalue weighted by molar-refractivity contribution is 14.1. The molecule has 0 saturated carbocycles. The minimum absolute atomic E-state index is 0.0866. The van der Waals surface area contributed by atoms with Crippen molar-refractivity contribution in [1.82, 2.24) is 15.0 Å². The van der Waals surface area contributed by atoms with Gasteiger partial charge in [0.05, 0.1) is 12.6 Å². The highest BCUT2D eigenvalue weighted by Crippen LogP contribution is 2.18. The van der Waals surface area contributed by atoms with E-state index in [4.69, 9.17) is 4.74 Å². The molecule has 0 bridgehead atoms. The highest BCUT2D eigenvalue weighted by atomic mass is 127. The van der Waals surface area contributed by atoms with E-state index in [9.17, 15) is 0 Å². The second kappa shape index (κ2) is 3.20. The van der Waals surface area contributed by atoms with E-state index in [-0.39, 0.29) is 5.54 Å². The molecule has 0 fully saturated rings. The van der Waals surface area contributed by atoms with E-state index in [1.165, 1.54) is 0 Å². The summed E-state index contributed by atoms with van der Waals surface area (Å²) in [5.74, 6) is 0.588. The van der Waals surface area contributed by atoms with Crippen molar-refractivity contribution < 1.29 is 4.74 Å². The average Bonchev–Trinajstić information content (AvgIpc) is 2.29. The van der Waals surface area contributed by atoms with Crippen molar-refractivity contribution in [3.63, 3.8) is 0 Å². The Morgan fingerprint density at radius 1 is 1.33 bits per heavy atom. The van der Waals surface area contributed by atoms with Crippen LogP contribution in [0.4, 0.5) is 0 Å². The summed E-state index contributed by atoms with van der Waals surface area (Å²) < 4.78 is 5.82. The molecule has 0 radical (unpaired) electrons.